The zero-order valence-corrected chi connectivity index (χ0v) is 9.04. The van der Waals surface area contributed by atoms with Gasteiger partial charge in [0.05, 0.1) is 13.4 Å². The Morgan fingerprint density at radius 1 is 1.53 bits per heavy atom. The first-order chi connectivity index (χ1) is 6.94. The zero-order chi connectivity index (χ0) is 11.5. The van der Waals surface area contributed by atoms with Crippen molar-refractivity contribution in [2.75, 3.05) is 18.1 Å². The number of carbonyl (C=O) groups is 1. The minimum Gasteiger partial charge on any atom is -0.465 e. The molecule has 0 fully saturated rings. The minimum atomic E-state index is -3.46. The molecule has 0 aromatic carbocycles. The summed E-state index contributed by atoms with van der Waals surface area (Å²) in [6.07, 6.45) is 2.35. The molecular weight excluding hydrogens is 220 g/mol. The fraction of sp³-hybridized carbons (Fsp3) is 0.250. The van der Waals surface area contributed by atoms with Crippen molar-refractivity contribution in [3.8, 4) is 0 Å². The van der Waals surface area contributed by atoms with Crippen LogP contribution in [0.1, 0.15) is 10.4 Å². The van der Waals surface area contributed by atoms with Gasteiger partial charge < -0.3 is 4.74 Å². The predicted molar refractivity (Wildman–Crippen MR) is 54.0 cm³/mol. The molecule has 0 saturated heterocycles. The van der Waals surface area contributed by atoms with E-state index >= 15 is 0 Å². The molecule has 82 valence electrons. The first-order valence-electron chi connectivity index (χ1n) is 3.95. The number of ether oxygens (including phenoxy) is 1. The normalized spacial score (nSPS) is 10.8. The lowest BCUT2D eigenvalue weighted by atomic mass is 10.2. The van der Waals surface area contributed by atoms with Gasteiger partial charge in [-0.05, 0) is 12.1 Å². The molecule has 7 heteroatoms. The summed E-state index contributed by atoms with van der Waals surface area (Å²) in [7, 11) is -2.25. The molecule has 0 aliphatic carbocycles. The molecule has 0 aliphatic heterocycles. The van der Waals surface area contributed by atoms with Crippen LogP contribution in [-0.4, -0.2) is 32.7 Å². The van der Waals surface area contributed by atoms with Crippen LogP contribution in [0.25, 0.3) is 0 Å². The van der Waals surface area contributed by atoms with Crippen molar-refractivity contribution in [3.05, 3.63) is 23.9 Å². The first kappa shape index (κ1) is 11.4. The van der Waals surface area contributed by atoms with Gasteiger partial charge in [0, 0.05) is 6.20 Å². The van der Waals surface area contributed by atoms with Crippen molar-refractivity contribution in [3.63, 3.8) is 0 Å². The highest BCUT2D eigenvalue weighted by Crippen LogP contribution is 2.13. The molecule has 1 aromatic rings. The largest absolute Gasteiger partial charge is 0.465 e. The third-order valence-corrected chi connectivity index (χ3v) is 2.06. The molecule has 6 nitrogen and oxygen atoms in total. The van der Waals surface area contributed by atoms with Crippen LogP contribution < -0.4 is 4.72 Å². The number of nitrogens with zero attached hydrogens (tertiary/aromatic N) is 1. The van der Waals surface area contributed by atoms with E-state index in [1.807, 2.05) is 0 Å². The number of esters is 1. The maximum atomic E-state index is 11.2. The zero-order valence-electron chi connectivity index (χ0n) is 8.22. The van der Waals surface area contributed by atoms with E-state index in [9.17, 15) is 13.2 Å². The maximum absolute atomic E-state index is 11.2. The smallest absolute Gasteiger partial charge is 0.341 e. The molecule has 1 aromatic heterocycles. The summed E-state index contributed by atoms with van der Waals surface area (Å²) in [5.74, 6) is -0.680. The van der Waals surface area contributed by atoms with E-state index in [0.29, 0.717) is 0 Å². The lowest BCUT2D eigenvalue weighted by Gasteiger charge is -2.06. The number of rotatable bonds is 3. The van der Waals surface area contributed by atoms with E-state index < -0.39 is 16.0 Å². The molecule has 0 atom stereocenters. The molecule has 0 aliphatic rings. The number of methoxy groups -OCH3 is 1. The highest BCUT2D eigenvalue weighted by Gasteiger charge is 2.14. The molecule has 0 bridgehead atoms. The van der Waals surface area contributed by atoms with Crippen molar-refractivity contribution >= 4 is 21.8 Å². The number of hydrogen-bond donors (Lipinski definition) is 1. The Hall–Kier alpha value is -1.63. The maximum Gasteiger partial charge on any atom is 0.341 e. The summed E-state index contributed by atoms with van der Waals surface area (Å²) >= 11 is 0. The third kappa shape index (κ3) is 3.21. The third-order valence-electron chi connectivity index (χ3n) is 1.50. The molecule has 1 rings (SSSR count). The van der Waals surface area contributed by atoms with Crippen LogP contribution in [0.4, 0.5) is 5.82 Å². The van der Waals surface area contributed by atoms with Crippen LogP contribution in [0, 0.1) is 0 Å². The van der Waals surface area contributed by atoms with Crippen LogP contribution in [-0.2, 0) is 14.8 Å². The van der Waals surface area contributed by atoms with Gasteiger partial charge in [-0.1, -0.05) is 0 Å². The minimum absolute atomic E-state index is 0.0353. The summed E-state index contributed by atoms with van der Waals surface area (Å²) < 4.78 is 28.5. The Morgan fingerprint density at radius 3 is 2.73 bits per heavy atom. The van der Waals surface area contributed by atoms with E-state index in [1.54, 1.807) is 0 Å². The average Bonchev–Trinajstić information content (AvgIpc) is 2.15. The Bertz CT molecular complexity index is 469. The quantitative estimate of drug-likeness (QED) is 0.752. The van der Waals surface area contributed by atoms with Crippen LogP contribution in [0.15, 0.2) is 18.3 Å². The van der Waals surface area contributed by atoms with E-state index in [1.165, 1.54) is 25.4 Å². The van der Waals surface area contributed by atoms with Gasteiger partial charge in [-0.15, -0.1) is 0 Å². The van der Waals surface area contributed by atoms with Gasteiger partial charge in [0.2, 0.25) is 10.0 Å². The first-order valence-corrected chi connectivity index (χ1v) is 5.84. The number of carbonyl (C=O) groups excluding carboxylic acids is 1. The molecule has 0 radical (unpaired) electrons. The molecular formula is C8H10N2O4S. The second-order valence-corrected chi connectivity index (χ2v) is 4.51. The number of anilines is 1. The Morgan fingerprint density at radius 2 is 2.20 bits per heavy atom. The van der Waals surface area contributed by atoms with Crippen LogP contribution in [0.5, 0.6) is 0 Å². The standard InChI is InChI=1S/C8H10N2O4S/c1-14-8(11)6-4-3-5-9-7(6)10-15(2,12)13/h3-5H,1-2H3,(H,9,10). The number of hydrogen-bond acceptors (Lipinski definition) is 5. The Balaban J connectivity index is 3.13. The molecule has 0 spiro atoms. The second-order valence-electron chi connectivity index (χ2n) is 2.77. The average molecular weight is 230 g/mol. The van der Waals surface area contributed by atoms with Crippen LogP contribution in [0.2, 0.25) is 0 Å². The van der Waals surface area contributed by atoms with Gasteiger partial charge >= 0.3 is 5.97 Å². The highest BCUT2D eigenvalue weighted by atomic mass is 32.2. The second kappa shape index (κ2) is 4.26. The predicted octanol–water partition coefficient (Wildman–Crippen LogP) is 0.240. The number of nitrogens with one attached hydrogen (secondary N) is 1. The number of aromatic nitrogens is 1. The van der Waals surface area contributed by atoms with Crippen LogP contribution >= 0.6 is 0 Å². The Labute approximate surface area is 87.3 Å². The fourth-order valence-corrected chi connectivity index (χ4v) is 1.45. The molecule has 0 unspecified atom stereocenters. The highest BCUT2D eigenvalue weighted by molar-refractivity contribution is 7.92. The summed E-state index contributed by atoms with van der Waals surface area (Å²) in [5.41, 5.74) is 0.0745. The Kier molecular flexibility index (Phi) is 3.25. The monoisotopic (exact) mass is 230 g/mol. The molecule has 1 N–H and O–H groups in total. The summed E-state index contributed by atoms with van der Waals surface area (Å²) in [4.78, 5) is 15.0. The fourth-order valence-electron chi connectivity index (χ4n) is 0.937. The van der Waals surface area contributed by atoms with E-state index in [4.69, 9.17) is 0 Å². The molecule has 1 heterocycles. The van der Waals surface area contributed by atoms with Crippen molar-refractivity contribution in [2.45, 2.75) is 0 Å². The van der Waals surface area contributed by atoms with Gasteiger partial charge in [0.1, 0.15) is 5.56 Å². The van der Waals surface area contributed by atoms with Gasteiger partial charge in [-0.3, -0.25) is 4.72 Å². The van der Waals surface area contributed by atoms with Crippen molar-refractivity contribution in [1.29, 1.82) is 0 Å². The van der Waals surface area contributed by atoms with Gasteiger partial charge in [-0.2, -0.15) is 0 Å². The van der Waals surface area contributed by atoms with Crippen molar-refractivity contribution in [2.24, 2.45) is 0 Å². The number of pyridine rings is 1. The topological polar surface area (TPSA) is 85.4 Å². The van der Waals surface area contributed by atoms with E-state index in [-0.39, 0.29) is 11.4 Å². The molecule has 0 saturated carbocycles. The lowest BCUT2D eigenvalue weighted by Crippen LogP contribution is -2.15. The summed E-state index contributed by atoms with van der Waals surface area (Å²) in [6, 6.07) is 2.94. The van der Waals surface area contributed by atoms with E-state index in [2.05, 4.69) is 14.4 Å². The van der Waals surface area contributed by atoms with Gasteiger partial charge in [-0.25, -0.2) is 18.2 Å². The van der Waals surface area contributed by atoms with Crippen molar-refractivity contribution < 1.29 is 17.9 Å². The summed E-state index contributed by atoms with van der Waals surface area (Å²) in [5, 5.41) is 0. The van der Waals surface area contributed by atoms with Gasteiger partial charge in [0.15, 0.2) is 5.82 Å². The van der Waals surface area contributed by atoms with Gasteiger partial charge in [0.25, 0.3) is 0 Å². The lowest BCUT2D eigenvalue weighted by molar-refractivity contribution is 0.0601. The molecule has 0 amide bonds. The van der Waals surface area contributed by atoms with E-state index in [0.717, 1.165) is 6.26 Å². The SMILES string of the molecule is COC(=O)c1cccnc1NS(C)(=O)=O. The summed E-state index contributed by atoms with van der Waals surface area (Å²) in [6.45, 7) is 0. The van der Waals surface area contributed by atoms with Crippen LogP contribution in [0.3, 0.4) is 0 Å². The number of sulfonamides is 1. The molecule has 15 heavy (non-hydrogen) atoms. The van der Waals surface area contributed by atoms with Crippen molar-refractivity contribution in [1.82, 2.24) is 4.98 Å².